The predicted octanol–water partition coefficient (Wildman–Crippen LogP) is 3.22. The number of aliphatic hydroxyl groups is 1. The average molecular weight is 427 g/mol. The molecule has 0 amide bonds. The maximum absolute atomic E-state index is 14.5. The summed E-state index contributed by atoms with van der Waals surface area (Å²) >= 11 is 0. The highest BCUT2D eigenvalue weighted by Gasteiger charge is 2.51. The minimum absolute atomic E-state index is 0.0231. The Labute approximate surface area is 167 Å². The van der Waals surface area contributed by atoms with Crippen molar-refractivity contribution in [1.29, 1.82) is 0 Å². The van der Waals surface area contributed by atoms with E-state index in [2.05, 4.69) is 20.6 Å². The second-order valence-electron chi connectivity index (χ2n) is 7.34. The van der Waals surface area contributed by atoms with Gasteiger partial charge in [0.2, 0.25) is 0 Å². The second-order valence-corrected chi connectivity index (χ2v) is 7.34. The number of rotatable bonds is 4. The summed E-state index contributed by atoms with van der Waals surface area (Å²) in [4.78, 5) is 8.08. The molecule has 0 bridgehead atoms. The van der Waals surface area contributed by atoms with Crippen LogP contribution in [0.15, 0.2) is 30.6 Å². The summed E-state index contributed by atoms with van der Waals surface area (Å²) < 4.78 is 69.6. The van der Waals surface area contributed by atoms with Crippen molar-refractivity contribution in [3.05, 3.63) is 47.8 Å². The van der Waals surface area contributed by atoms with Crippen molar-refractivity contribution >= 4 is 11.5 Å². The molecule has 0 aliphatic carbocycles. The van der Waals surface area contributed by atoms with Crippen LogP contribution < -0.4 is 10.6 Å². The average Bonchev–Trinajstić information content (AvgIpc) is 3.32. The summed E-state index contributed by atoms with van der Waals surface area (Å²) in [6.07, 6.45) is -1.94. The summed E-state index contributed by atoms with van der Waals surface area (Å²) in [7, 11) is 0. The Kier molecular flexibility index (Phi) is 4.89. The topological polar surface area (TPSA) is 74.5 Å². The lowest BCUT2D eigenvalue weighted by molar-refractivity contribution is -0.259. The van der Waals surface area contributed by atoms with Crippen LogP contribution in [0.5, 0.6) is 0 Å². The van der Waals surface area contributed by atoms with E-state index in [1.807, 2.05) is 0 Å². The van der Waals surface area contributed by atoms with Gasteiger partial charge in [-0.15, -0.1) is 0 Å². The zero-order chi connectivity index (χ0) is 21.7. The van der Waals surface area contributed by atoms with Gasteiger partial charge in [-0.05, 0) is 26.0 Å². The van der Waals surface area contributed by atoms with E-state index < -0.39 is 29.0 Å². The van der Waals surface area contributed by atoms with Gasteiger partial charge < -0.3 is 15.7 Å². The Morgan fingerprint density at radius 3 is 2.67 bits per heavy atom. The van der Waals surface area contributed by atoms with E-state index in [1.54, 1.807) is 0 Å². The molecule has 1 fully saturated rings. The number of hydrogen-bond donors (Lipinski definition) is 3. The summed E-state index contributed by atoms with van der Waals surface area (Å²) in [5, 5.41) is 16.0. The molecular weight excluding hydrogens is 409 g/mol. The molecule has 0 saturated carbocycles. The number of fused-ring (bicyclic) bond motifs is 1. The maximum atomic E-state index is 14.5. The van der Waals surface area contributed by atoms with E-state index in [1.165, 1.54) is 16.7 Å². The van der Waals surface area contributed by atoms with E-state index in [4.69, 9.17) is 0 Å². The van der Waals surface area contributed by atoms with Crippen molar-refractivity contribution in [2.24, 2.45) is 0 Å². The first-order chi connectivity index (χ1) is 14.1. The molecule has 1 aliphatic heterocycles. The van der Waals surface area contributed by atoms with Crippen molar-refractivity contribution in [2.45, 2.75) is 31.2 Å². The number of anilines is 1. The zero-order valence-electron chi connectivity index (χ0n) is 15.8. The molecule has 2 atom stereocenters. The van der Waals surface area contributed by atoms with E-state index >= 15 is 0 Å². The van der Waals surface area contributed by atoms with E-state index in [-0.39, 0.29) is 28.9 Å². The summed E-state index contributed by atoms with van der Waals surface area (Å²) in [5.41, 5.74) is -3.62. The molecule has 4 rings (SSSR count). The Balaban J connectivity index is 1.80. The van der Waals surface area contributed by atoms with Crippen LogP contribution in [0.4, 0.5) is 27.8 Å². The lowest BCUT2D eigenvalue weighted by atomic mass is 9.97. The van der Waals surface area contributed by atoms with Crippen molar-refractivity contribution in [3.8, 4) is 11.4 Å². The summed E-state index contributed by atoms with van der Waals surface area (Å²) in [6, 6.07) is 2.95. The standard InChI is InChI=1S/C19H18F5N5O/c1-18(30,19(22,23)24)10-2-3-15-26-8-14(29(15)9-10)16-12(20)6-13(21)17(28-16)27-11-4-5-25-7-11/h2-3,6,8-9,11,25,30H,4-5,7H2,1H3,(H,27,28). The Bertz CT molecular complexity index is 1090. The van der Waals surface area contributed by atoms with E-state index in [9.17, 15) is 27.1 Å². The molecule has 6 nitrogen and oxygen atoms in total. The molecule has 3 aromatic heterocycles. The van der Waals surface area contributed by atoms with Crippen molar-refractivity contribution in [2.75, 3.05) is 18.4 Å². The first kappa shape index (κ1) is 20.5. The quantitative estimate of drug-likeness (QED) is 0.558. The fraction of sp³-hybridized carbons (Fsp3) is 0.368. The van der Waals surface area contributed by atoms with Gasteiger partial charge in [-0.3, -0.25) is 4.40 Å². The molecule has 11 heteroatoms. The van der Waals surface area contributed by atoms with Crippen LogP contribution in [0.2, 0.25) is 0 Å². The molecule has 0 aromatic carbocycles. The second kappa shape index (κ2) is 7.17. The van der Waals surface area contributed by atoms with Gasteiger partial charge >= 0.3 is 6.18 Å². The van der Waals surface area contributed by atoms with Crippen LogP contribution in [0.3, 0.4) is 0 Å². The Hall–Kier alpha value is -2.79. The van der Waals surface area contributed by atoms with Gasteiger partial charge in [-0.2, -0.15) is 13.2 Å². The summed E-state index contributed by atoms with van der Waals surface area (Å²) in [6.45, 7) is 1.97. The number of alkyl halides is 3. The van der Waals surface area contributed by atoms with E-state index in [0.717, 1.165) is 25.2 Å². The third kappa shape index (κ3) is 3.47. The Morgan fingerprint density at radius 1 is 1.23 bits per heavy atom. The molecule has 2 unspecified atom stereocenters. The number of nitrogens with zero attached hydrogens (tertiary/aromatic N) is 3. The molecule has 4 heterocycles. The van der Waals surface area contributed by atoms with Gasteiger partial charge in [0.25, 0.3) is 0 Å². The Morgan fingerprint density at radius 2 is 2.00 bits per heavy atom. The van der Waals surface area contributed by atoms with Gasteiger partial charge in [0.1, 0.15) is 11.3 Å². The van der Waals surface area contributed by atoms with Gasteiger partial charge in [-0.25, -0.2) is 18.7 Å². The van der Waals surface area contributed by atoms with Crippen LogP contribution in [0.1, 0.15) is 18.9 Å². The van der Waals surface area contributed by atoms with Crippen LogP contribution in [0.25, 0.3) is 17.0 Å². The van der Waals surface area contributed by atoms with Crippen molar-refractivity contribution in [1.82, 2.24) is 19.7 Å². The van der Waals surface area contributed by atoms with Crippen LogP contribution in [-0.2, 0) is 5.60 Å². The number of aromatic nitrogens is 3. The van der Waals surface area contributed by atoms with Crippen molar-refractivity contribution < 1.29 is 27.1 Å². The normalized spacial score (nSPS) is 19.2. The fourth-order valence-electron chi connectivity index (χ4n) is 3.33. The first-order valence-corrected chi connectivity index (χ1v) is 9.18. The number of imidazole rings is 1. The zero-order valence-corrected chi connectivity index (χ0v) is 15.8. The monoisotopic (exact) mass is 427 g/mol. The highest BCUT2D eigenvalue weighted by molar-refractivity contribution is 5.63. The fourth-order valence-corrected chi connectivity index (χ4v) is 3.33. The van der Waals surface area contributed by atoms with Crippen LogP contribution in [0, 0.1) is 11.6 Å². The summed E-state index contributed by atoms with van der Waals surface area (Å²) in [5.74, 6) is -2.02. The minimum atomic E-state index is -4.92. The number of hydrogen-bond acceptors (Lipinski definition) is 5. The number of nitrogens with one attached hydrogen (secondary N) is 2. The molecule has 30 heavy (non-hydrogen) atoms. The molecule has 160 valence electrons. The third-order valence-electron chi connectivity index (χ3n) is 5.19. The lowest BCUT2D eigenvalue weighted by Crippen LogP contribution is -2.39. The van der Waals surface area contributed by atoms with Gasteiger partial charge in [0.05, 0.1) is 11.9 Å². The lowest BCUT2D eigenvalue weighted by Gasteiger charge is -2.26. The SMILES string of the molecule is CC(O)(c1ccc2ncc(-c3nc(NC4CCNC4)c(F)cc3F)n2c1)C(F)(F)F. The van der Waals surface area contributed by atoms with Crippen LogP contribution >= 0.6 is 0 Å². The highest BCUT2D eigenvalue weighted by atomic mass is 19.4. The van der Waals surface area contributed by atoms with Gasteiger partial charge in [0, 0.05) is 30.4 Å². The molecule has 0 spiro atoms. The number of halogens is 5. The highest BCUT2D eigenvalue weighted by Crippen LogP contribution is 2.39. The predicted molar refractivity (Wildman–Crippen MR) is 98.9 cm³/mol. The van der Waals surface area contributed by atoms with Gasteiger partial charge in [-0.1, -0.05) is 6.07 Å². The molecule has 1 aliphatic rings. The first-order valence-electron chi connectivity index (χ1n) is 9.18. The van der Waals surface area contributed by atoms with E-state index in [0.29, 0.717) is 19.5 Å². The maximum Gasteiger partial charge on any atom is 0.421 e. The van der Waals surface area contributed by atoms with Crippen LogP contribution in [-0.4, -0.2) is 44.8 Å². The molecule has 3 N–H and O–H groups in total. The molecular formula is C19H18F5N5O. The number of pyridine rings is 2. The smallest absolute Gasteiger partial charge is 0.376 e. The minimum Gasteiger partial charge on any atom is -0.376 e. The molecule has 3 aromatic rings. The molecule has 0 radical (unpaired) electrons. The molecule has 1 saturated heterocycles. The third-order valence-corrected chi connectivity index (χ3v) is 5.19. The largest absolute Gasteiger partial charge is 0.421 e. The van der Waals surface area contributed by atoms with Crippen molar-refractivity contribution in [3.63, 3.8) is 0 Å². The van der Waals surface area contributed by atoms with Gasteiger partial charge in [0.15, 0.2) is 23.1 Å².